The second-order valence-corrected chi connectivity index (χ2v) is 7.69. The van der Waals surface area contributed by atoms with Gasteiger partial charge in [0.25, 0.3) is 5.56 Å². The summed E-state index contributed by atoms with van der Waals surface area (Å²) in [6.45, 7) is 0.546. The smallest absolute Gasteiger partial charge is 0.261 e. The number of nitrogens with one attached hydrogen (secondary N) is 1. The molecule has 3 aromatic carbocycles. The number of aromatic amines is 1. The van der Waals surface area contributed by atoms with E-state index in [4.69, 9.17) is 4.74 Å². The van der Waals surface area contributed by atoms with Crippen LogP contribution in [-0.4, -0.2) is 33.0 Å². The molecule has 33 heavy (non-hydrogen) atoms. The lowest BCUT2D eigenvalue weighted by Crippen LogP contribution is -2.22. The van der Waals surface area contributed by atoms with Gasteiger partial charge in [0.2, 0.25) is 5.88 Å². The van der Waals surface area contributed by atoms with E-state index in [-0.39, 0.29) is 18.0 Å². The summed E-state index contributed by atoms with van der Waals surface area (Å²) in [5.74, 6) is 1.33. The van der Waals surface area contributed by atoms with Gasteiger partial charge in [-0.1, -0.05) is 42.5 Å². The van der Waals surface area contributed by atoms with Gasteiger partial charge in [0.05, 0.1) is 36.8 Å². The van der Waals surface area contributed by atoms with Crippen molar-refractivity contribution < 1.29 is 9.84 Å². The number of benzene rings is 3. The molecule has 2 N–H and O–H groups in total. The Balaban J connectivity index is 1.52. The standard InChI is InChI=1S/C26H22N4O3/c1-33-18-12-10-17(11-13-18)16-30-25(31)20-7-3-2-6-19(20)21(26(30)32)14-27-15-24-28-22-8-4-5-9-23(22)29-24/h2-14,32H,15-16H2,1H3,(H,28,29). The molecule has 0 bridgehead atoms. The Kier molecular flexibility index (Phi) is 5.36. The van der Waals surface area contributed by atoms with E-state index in [0.29, 0.717) is 22.9 Å². The molecule has 0 unspecified atom stereocenters. The monoisotopic (exact) mass is 438 g/mol. The number of hydrogen-bond donors (Lipinski definition) is 2. The average molecular weight is 438 g/mol. The fourth-order valence-corrected chi connectivity index (χ4v) is 3.90. The van der Waals surface area contributed by atoms with Crippen molar-refractivity contribution >= 4 is 28.0 Å². The Morgan fingerprint density at radius 3 is 2.52 bits per heavy atom. The van der Waals surface area contributed by atoms with Crippen molar-refractivity contribution in [2.45, 2.75) is 13.1 Å². The Hall–Kier alpha value is -4.39. The highest BCUT2D eigenvalue weighted by molar-refractivity contribution is 6.01. The van der Waals surface area contributed by atoms with Crippen LogP contribution in [0.15, 0.2) is 82.6 Å². The first-order valence-corrected chi connectivity index (χ1v) is 10.5. The molecule has 0 saturated carbocycles. The van der Waals surface area contributed by atoms with E-state index >= 15 is 0 Å². The predicted octanol–water partition coefficient (Wildman–Crippen LogP) is 4.26. The van der Waals surface area contributed by atoms with E-state index < -0.39 is 0 Å². The minimum Gasteiger partial charge on any atom is -0.497 e. The number of H-pyrrole nitrogens is 1. The molecule has 0 aliphatic carbocycles. The molecule has 0 atom stereocenters. The number of aliphatic imine (C=N–C) groups is 1. The number of aromatic hydroxyl groups is 1. The van der Waals surface area contributed by atoms with E-state index in [2.05, 4.69) is 15.0 Å². The highest BCUT2D eigenvalue weighted by atomic mass is 16.5. The van der Waals surface area contributed by atoms with Crippen LogP contribution >= 0.6 is 0 Å². The number of imidazole rings is 1. The predicted molar refractivity (Wildman–Crippen MR) is 129 cm³/mol. The normalized spacial score (nSPS) is 11.5. The Morgan fingerprint density at radius 2 is 1.76 bits per heavy atom. The number of nitrogens with zero attached hydrogens (tertiary/aromatic N) is 3. The molecular formula is C26H22N4O3. The van der Waals surface area contributed by atoms with Crippen molar-refractivity contribution in [1.29, 1.82) is 0 Å². The summed E-state index contributed by atoms with van der Waals surface area (Å²) in [7, 11) is 1.60. The van der Waals surface area contributed by atoms with E-state index in [1.807, 2.05) is 66.7 Å². The molecule has 2 heterocycles. The molecule has 0 fully saturated rings. The molecule has 0 radical (unpaired) electrons. The molecule has 0 saturated heterocycles. The number of hydrogen-bond acceptors (Lipinski definition) is 5. The van der Waals surface area contributed by atoms with Gasteiger partial charge in [-0.2, -0.15) is 0 Å². The van der Waals surface area contributed by atoms with E-state index in [1.165, 1.54) is 4.57 Å². The zero-order valence-corrected chi connectivity index (χ0v) is 18.0. The fourth-order valence-electron chi connectivity index (χ4n) is 3.90. The van der Waals surface area contributed by atoms with Gasteiger partial charge < -0.3 is 14.8 Å². The maximum Gasteiger partial charge on any atom is 0.261 e. The molecule has 0 aliphatic rings. The Labute approximate surface area is 189 Å². The molecule has 0 spiro atoms. The molecule has 0 aliphatic heterocycles. The van der Waals surface area contributed by atoms with Crippen molar-refractivity contribution in [1.82, 2.24) is 14.5 Å². The molecule has 5 rings (SSSR count). The lowest BCUT2D eigenvalue weighted by atomic mass is 10.1. The quantitative estimate of drug-likeness (QED) is 0.388. The lowest BCUT2D eigenvalue weighted by Gasteiger charge is -2.14. The Morgan fingerprint density at radius 1 is 1.03 bits per heavy atom. The van der Waals surface area contributed by atoms with Gasteiger partial charge in [0, 0.05) is 17.0 Å². The third kappa shape index (κ3) is 3.96. The van der Waals surface area contributed by atoms with E-state index in [0.717, 1.165) is 28.2 Å². The number of ether oxygens (including phenoxy) is 1. The second kappa shape index (κ2) is 8.63. The summed E-state index contributed by atoms with van der Waals surface area (Å²) in [5.41, 5.74) is 2.94. The number of rotatable bonds is 6. The zero-order valence-electron chi connectivity index (χ0n) is 18.0. The third-order valence-corrected chi connectivity index (χ3v) is 5.59. The summed E-state index contributed by atoms with van der Waals surface area (Å²) in [6, 6.07) is 22.4. The van der Waals surface area contributed by atoms with Gasteiger partial charge in [0.15, 0.2) is 0 Å². The van der Waals surface area contributed by atoms with Crippen LogP contribution in [0.25, 0.3) is 21.8 Å². The largest absolute Gasteiger partial charge is 0.497 e. The van der Waals surface area contributed by atoms with Crippen molar-refractivity contribution in [3.63, 3.8) is 0 Å². The number of pyridine rings is 1. The van der Waals surface area contributed by atoms with Crippen molar-refractivity contribution in [3.8, 4) is 11.6 Å². The van der Waals surface area contributed by atoms with Crippen molar-refractivity contribution in [3.05, 3.63) is 100 Å². The van der Waals surface area contributed by atoms with Gasteiger partial charge in [-0.05, 0) is 35.9 Å². The lowest BCUT2D eigenvalue weighted by molar-refractivity contribution is 0.412. The number of aromatic nitrogens is 3. The Bertz CT molecular complexity index is 1500. The first kappa shape index (κ1) is 20.5. The molecule has 7 heteroatoms. The van der Waals surface area contributed by atoms with Crippen LogP contribution in [0, 0.1) is 0 Å². The van der Waals surface area contributed by atoms with E-state index in [1.54, 1.807) is 19.4 Å². The minimum atomic E-state index is -0.256. The van der Waals surface area contributed by atoms with Crippen molar-refractivity contribution in [2.75, 3.05) is 7.11 Å². The van der Waals surface area contributed by atoms with Crippen LogP contribution in [0.4, 0.5) is 0 Å². The minimum absolute atomic E-state index is 0.122. The van der Waals surface area contributed by atoms with Gasteiger partial charge >= 0.3 is 0 Å². The van der Waals surface area contributed by atoms with Gasteiger partial charge in [-0.15, -0.1) is 0 Å². The van der Waals surface area contributed by atoms with Crippen LogP contribution < -0.4 is 10.3 Å². The fraction of sp³-hybridized carbons (Fsp3) is 0.115. The maximum atomic E-state index is 13.1. The van der Waals surface area contributed by atoms with Gasteiger partial charge in [-0.25, -0.2) is 4.98 Å². The molecule has 7 nitrogen and oxygen atoms in total. The number of fused-ring (bicyclic) bond motifs is 2. The summed E-state index contributed by atoms with van der Waals surface area (Å²) >= 11 is 0. The topological polar surface area (TPSA) is 92.5 Å². The number of methoxy groups -OCH3 is 1. The highest BCUT2D eigenvalue weighted by Gasteiger charge is 2.15. The third-order valence-electron chi connectivity index (χ3n) is 5.59. The molecule has 0 amide bonds. The van der Waals surface area contributed by atoms with Crippen LogP contribution in [0.5, 0.6) is 11.6 Å². The van der Waals surface area contributed by atoms with Crippen LogP contribution in [-0.2, 0) is 13.1 Å². The van der Waals surface area contributed by atoms with Crippen molar-refractivity contribution in [2.24, 2.45) is 4.99 Å². The van der Waals surface area contributed by atoms with Gasteiger partial charge in [-0.3, -0.25) is 14.4 Å². The summed E-state index contributed by atoms with van der Waals surface area (Å²) in [5, 5.41) is 12.2. The summed E-state index contributed by atoms with van der Waals surface area (Å²) in [4.78, 5) is 25.4. The molecule has 2 aromatic heterocycles. The number of para-hydroxylation sites is 2. The summed E-state index contributed by atoms with van der Waals surface area (Å²) in [6.07, 6.45) is 1.61. The molecule has 164 valence electrons. The highest BCUT2D eigenvalue weighted by Crippen LogP contribution is 2.24. The van der Waals surface area contributed by atoms with E-state index in [9.17, 15) is 9.90 Å². The first-order chi connectivity index (χ1) is 16.1. The maximum absolute atomic E-state index is 13.1. The SMILES string of the molecule is COc1ccc(Cn2c(O)c(C=NCc3nc4ccccc4[nH]3)c3ccccc3c2=O)cc1. The molecular weight excluding hydrogens is 416 g/mol. The zero-order chi connectivity index (χ0) is 22.8. The van der Waals surface area contributed by atoms with Crippen LogP contribution in [0.1, 0.15) is 17.0 Å². The second-order valence-electron chi connectivity index (χ2n) is 7.69. The molecule has 5 aromatic rings. The van der Waals surface area contributed by atoms with Gasteiger partial charge in [0.1, 0.15) is 11.6 Å². The van der Waals surface area contributed by atoms with Crippen LogP contribution in [0.3, 0.4) is 0 Å². The summed E-state index contributed by atoms with van der Waals surface area (Å²) < 4.78 is 6.57. The van der Waals surface area contributed by atoms with Crippen LogP contribution in [0.2, 0.25) is 0 Å². The first-order valence-electron chi connectivity index (χ1n) is 10.5. The average Bonchev–Trinajstić information content (AvgIpc) is 3.27.